The number of halogens is 2. The van der Waals surface area contributed by atoms with E-state index in [0.717, 1.165) is 37.2 Å². The van der Waals surface area contributed by atoms with E-state index in [1.54, 1.807) is 6.07 Å². The maximum atomic E-state index is 13.8. The smallest absolute Gasteiger partial charge is 0.200 e. The van der Waals surface area contributed by atoms with E-state index in [1.165, 1.54) is 25.3 Å². The lowest BCUT2D eigenvalue weighted by Gasteiger charge is -2.36. The number of rotatable bonds is 2. The van der Waals surface area contributed by atoms with Crippen molar-refractivity contribution in [2.75, 3.05) is 0 Å². The molecule has 1 saturated carbocycles. The summed E-state index contributed by atoms with van der Waals surface area (Å²) in [6, 6.07) is 2.85. The molecule has 1 heterocycles. The van der Waals surface area contributed by atoms with E-state index in [1.807, 2.05) is 0 Å². The maximum absolute atomic E-state index is 13.8. The zero-order chi connectivity index (χ0) is 14.1. The Morgan fingerprint density at radius 2 is 1.85 bits per heavy atom. The van der Waals surface area contributed by atoms with Gasteiger partial charge in [0.1, 0.15) is 6.10 Å². The minimum absolute atomic E-state index is 0.0663. The second-order valence-electron chi connectivity index (χ2n) is 6.23. The van der Waals surface area contributed by atoms with Crippen LogP contribution < -0.4 is 4.74 Å². The summed E-state index contributed by atoms with van der Waals surface area (Å²) in [6.45, 7) is 2.25. The summed E-state index contributed by atoms with van der Waals surface area (Å²) in [7, 11) is 0. The third-order valence-electron chi connectivity index (χ3n) is 5.09. The molecule has 1 aliphatic carbocycles. The normalized spacial score (nSPS) is 29.6. The largest absolute Gasteiger partial charge is 0.487 e. The number of ether oxygens (including phenoxy) is 1. The average Bonchev–Trinajstić information content (AvgIpc) is 2.51. The first-order valence-electron chi connectivity index (χ1n) is 7.82. The Kier molecular flexibility index (Phi) is 3.95. The predicted octanol–water partition coefficient (Wildman–Crippen LogP) is 4.87. The topological polar surface area (TPSA) is 9.23 Å². The second kappa shape index (κ2) is 5.71. The number of hydrogen-bond donors (Lipinski definition) is 0. The summed E-state index contributed by atoms with van der Waals surface area (Å²) < 4.78 is 33.0. The van der Waals surface area contributed by atoms with Gasteiger partial charge in [-0.25, -0.2) is 4.39 Å². The Morgan fingerprint density at radius 3 is 2.55 bits per heavy atom. The van der Waals surface area contributed by atoms with Gasteiger partial charge in [0.05, 0.1) is 0 Å². The molecular weight excluding hydrogens is 258 g/mol. The van der Waals surface area contributed by atoms with Crippen LogP contribution in [0.3, 0.4) is 0 Å². The van der Waals surface area contributed by atoms with E-state index in [-0.39, 0.29) is 11.9 Å². The molecule has 1 aliphatic heterocycles. The van der Waals surface area contributed by atoms with Gasteiger partial charge in [0.25, 0.3) is 0 Å². The highest BCUT2D eigenvalue weighted by Crippen LogP contribution is 2.39. The van der Waals surface area contributed by atoms with E-state index in [0.29, 0.717) is 5.92 Å². The van der Waals surface area contributed by atoms with Crippen LogP contribution in [0.1, 0.15) is 51.0 Å². The Labute approximate surface area is 119 Å². The third kappa shape index (κ3) is 2.55. The molecule has 0 N–H and O–H groups in total. The molecule has 0 saturated heterocycles. The molecule has 20 heavy (non-hydrogen) atoms. The fourth-order valence-corrected chi connectivity index (χ4v) is 3.70. The van der Waals surface area contributed by atoms with Gasteiger partial charge in [-0.2, -0.15) is 4.39 Å². The van der Waals surface area contributed by atoms with Crippen molar-refractivity contribution >= 4 is 0 Å². The van der Waals surface area contributed by atoms with Crippen molar-refractivity contribution in [1.82, 2.24) is 0 Å². The van der Waals surface area contributed by atoms with Crippen LogP contribution in [0.25, 0.3) is 0 Å². The average molecular weight is 280 g/mol. The van der Waals surface area contributed by atoms with Gasteiger partial charge in [-0.05, 0) is 49.1 Å². The Hall–Kier alpha value is -1.12. The zero-order valence-corrected chi connectivity index (χ0v) is 12.0. The van der Waals surface area contributed by atoms with Gasteiger partial charge < -0.3 is 4.74 Å². The fourth-order valence-electron chi connectivity index (χ4n) is 3.70. The lowest BCUT2D eigenvalue weighted by Crippen LogP contribution is -2.34. The molecule has 1 nitrogen and oxygen atoms in total. The second-order valence-corrected chi connectivity index (χ2v) is 6.23. The molecular formula is C17H22F2O. The highest BCUT2D eigenvalue weighted by Gasteiger charge is 2.32. The standard InChI is InChI=1S/C17H22F2O/c1-2-11-3-5-12(6-4-11)15-10-8-13-7-9-14(18)16(19)17(13)20-15/h7,9,11-12,15H,2-6,8,10H2,1H3. The zero-order valence-electron chi connectivity index (χ0n) is 12.0. The first kappa shape index (κ1) is 13.8. The molecule has 110 valence electrons. The summed E-state index contributed by atoms with van der Waals surface area (Å²) in [4.78, 5) is 0. The van der Waals surface area contributed by atoms with Gasteiger partial charge in [-0.15, -0.1) is 0 Å². The van der Waals surface area contributed by atoms with Crippen molar-refractivity contribution in [2.45, 2.75) is 58.0 Å². The molecule has 1 aromatic rings. The van der Waals surface area contributed by atoms with E-state index in [2.05, 4.69) is 6.92 Å². The van der Waals surface area contributed by atoms with Gasteiger partial charge in [-0.1, -0.05) is 32.3 Å². The third-order valence-corrected chi connectivity index (χ3v) is 5.09. The van der Waals surface area contributed by atoms with Crippen LogP contribution in [-0.2, 0) is 6.42 Å². The van der Waals surface area contributed by atoms with Gasteiger partial charge in [-0.3, -0.25) is 0 Å². The number of hydrogen-bond acceptors (Lipinski definition) is 1. The number of fused-ring (bicyclic) bond motifs is 1. The Balaban J connectivity index is 1.71. The summed E-state index contributed by atoms with van der Waals surface area (Å²) in [5, 5.41) is 0. The van der Waals surface area contributed by atoms with Crippen LogP contribution in [-0.4, -0.2) is 6.10 Å². The van der Waals surface area contributed by atoms with Gasteiger partial charge in [0.2, 0.25) is 5.82 Å². The molecule has 3 rings (SSSR count). The van der Waals surface area contributed by atoms with Gasteiger partial charge in [0, 0.05) is 0 Å². The monoisotopic (exact) mass is 280 g/mol. The van der Waals surface area contributed by atoms with Crippen LogP contribution >= 0.6 is 0 Å². The molecule has 3 heteroatoms. The van der Waals surface area contributed by atoms with Gasteiger partial charge in [0.15, 0.2) is 11.6 Å². The van der Waals surface area contributed by atoms with Crippen molar-refractivity contribution in [3.63, 3.8) is 0 Å². The molecule has 0 radical (unpaired) electrons. The molecule has 0 aromatic heterocycles. The first-order chi connectivity index (χ1) is 9.69. The SMILES string of the molecule is CCC1CCC(C2CCc3ccc(F)c(F)c3O2)CC1. The van der Waals surface area contributed by atoms with E-state index in [9.17, 15) is 8.78 Å². The quantitative estimate of drug-likeness (QED) is 0.750. The Bertz CT molecular complexity index is 478. The molecule has 1 fully saturated rings. The highest BCUT2D eigenvalue weighted by molar-refractivity contribution is 5.37. The number of benzene rings is 1. The molecule has 1 atom stereocenters. The van der Waals surface area contributed by atoms with Crippen molar-refractivity contribution in [3.8, 4) is 5.75 Å². The van der Waals surface area contributed by atoms with E-state index >= 15 is 0 Å². The molecule has 0 amide bonds. The molecule has 1 aromatic carbocycles. The minimum Gasteiger partial charge on any atom is -0.487 e. The van der Waals surface area contributed by atoms with Crippen molar-refractivity contribution in [1.29, 1.82) is 0 Å². The van der Waals surface area contributed by atoms with Crippen LogP contribution in [0.4, 0.5) is 8.78 Å². The van der Waals surface area contributed by atoms with Crippen LogP contribution in [0.2, 0.25) is 0 Å². The van der Waals surface area contributed by atoms with Crippen molar-refractivity contribution < 1.29 is 13.5 Å². The van der Waals surface area contributed by atoms with Crippen LogP contribution in [0.15, 0.2) is 12.1 Å². The molecule has 0 spiro atoms. The number of aryl methyl sites for hydroxylation is 1. The molecule has 1 unspecified atom stereocenters. The first-order valence-corrected chi connectivity index (χ1v) is 7.82. The lowest BCUT2D eigenvalue weighted by molar-refractivity contribution is 0.0717. The summed E-state index contributed by atoms with van der Waals surface area (Å²) in [6.07, 6.45) is 7.87. The van der Waals surface area contributed by atoms with E-state index in [4.69, 9.17) is 4.74 Å². The maximum Gasteiger partial charge on any atom is 0.200 e. The summed E-state index contributed by atoms with van der Waals surface area (Å²) in [5.41, 5.74) is 0.808. The predicted molar refractivity (Wildman–Crippen MR) is 74.8 cm³/mol. The summed E-state index contributed by atoms with van der Waals surface area (Å²) >= 11 is 0. The minimum atomic E-state index is -0.811. The van der Waals surface area contributed by atoms with Crippen molar-refractivity contribution in [3.05, 3.63) is 29.3 Å². The molecule has 0 bridgehead atoms. The van der Waals surface area contributed by atoms with Crippen LogP contribution in [0, 0.1) is 23.5 Å². The van der Waals surface area contributed by atoms with E-state index < -0.39 is 11.6 Å². The summed E-state index contributed by atoms with van der Waals surface area (Å²) in [5.74, 6) is -0.0997. The molecule has 2 aliphatic rings. The highest BCUT2D eigenvalue weighted by atomic mass is 19.2. The fraction of sp³-hybridized carbons (Fsp3) is 0.647. The lowest BCUT2D eigenvalue weighted by atomic mass is 9.77. The van der Waals surface area contributed by atoms with Crippen LogP contribution in [0.5, 0.6) is 5.75 Å². The Morgan fingerprint density at radius 1 is 1.10 bits per heavy atom. The van der Waals surface area contributed by atoms with Crippen molar-refractivity contribution in [2.24, 2.45) is 11.8 Å². The van der Waals surface area contributed by atoms with Gasteiger partial charge >= 0.3 is 0 Å².